The largest absolute Gasteiger partial charge is 0.357 e. The molecule has 7 nitrogen and oxygen atoms in total. The fourth-order valence-electron chi connectivity index (χ4n) is 3.71. The van der Waals surface area contributed by atoms with E-state index in [0.717, 1.165) is 31.4 Å². The standard InChI is InChI=1S/C18H34N4O3S/c1-2-19-18(20-11-5-8-15-6-3-4-7-15)21-12-9-17(23)22-16-10-13-26(24,25)14-16/h15-16H,2-14H2,1H3,(H,22,23)(H2,19,20,21). The van der Waals surface area contributed by atoms with Crippen molar-refractivity contribution in [3.8, 4) is 0 Å². The van der Waals surface area contributed by atoms with Crippen molar-refractivity contribution >= 4 is 21.7 Å². The number of aliphatic imine (C=N–C) groups is 1. The summed E-state index contributed by atoms with van der Waals surface area (Å²) in [6.07, 6.45) is 8.71. The van der Waals surface area contributed by atoms with Gasteiger partial charge in [-0.15, -0.1) is 0 Å². The summed E-state index contributed by atoms with van der Waals surface area (Å²) in [5.74, 6) is 1.77. The molecule has 0 aromatic carbocycles. The van der Waals surface area contributed by atoms with Gasteiger partial charge in [-0.3, -0.25) is 9.79 Å². The van der Waals surface area contributed by atoms with E-state index < -0.39 is 9.84 Å². The second kappa shape index (κ2) is 10.7. The number of amides is 1. The Balaban J connectivity index is 1.61. The van der Waals surface area contributed by atoms with Gasteiger partial charge < -0.3 is 16.0 Å². The van der Waals surface area contributed by atoms with E-state index in [1.807, 2.05) is 6.92 Å². The molecule has 1 heterocycles. The van der Waals surface area contributed by atoms with E-state index in [4.69, 9.17) is 0 Å². The summed E-state index contributed by atoms with van der Waals surface area (Å²) in [5, 5.41) is 9.18. The van der Waals surface area contributed by atoms with Crippen LogP contribution in [0.5, 0.6) is 0 Å². The Bertz CT molecular complexity index is 571. The number of nitrogens with one attached hydrogen (secondary N) is 3. The van der Waals surface area contributed by atoms with Crippen LogP contribution in [0.1, 0.15) is 58.3 Å². The van der Waals surface area contributed by atoms with Crippen LogP contribution in [0, 0.1) is 5.92 Å². The molecule has 0 radical (unpaired) electrons. The van der Waals surface area contributed by atoms with Crippen LogP contribution < -0.4 is 16.0 Å². The number of hydrogen-bond donors (Lipinski definition) is 3. The molecule has 1 saturated carbocycles. The van der Waals surface area contributed by atoms with E-state index in [0.29, 0.717) is 19.4 Å². The highest BCUT2D eigenvalue weighted by Gasteiger charge is 2.28. The zero-order chi connectivity index (χ0) is 18.8. The van der Waals surface area contributed by atoms with Gasteiger partial charge in [-0.1, -0.05) is 25.7 Å². The third-order valence-corrected chi connectivity index (χ3v) is 6.87. The van der Waals surface area contributed by atoms with E-state index >= 15 is 0 Å². The molecule has 1 aliphatic carbocycles. The van der Waals surface area contributed by atoms with Crippen LogP contribution in [0.4, 0.5) is 0 Å². The van der Waals surface area contributed by atoms with E-state index in [1.165, 1.54) is 32.1 Å². The highest BCUT2D eigenvalue weighted by atomic mass is 32.2. The molecule has 26 heavy (non-hydrogen) atoms. The van der Waals surface area contributed by atoms with E-state index in [9.17, 15) is 13.2 Å². The molecule has 0 bridgehead atoms. The van der Waals surface area contributed by atoms with Gasteiger partial charge in [0.15, 0.2) is 15.8 Å². The second-order valence-electron chi connectivity index (χ2n) is 7.40. The van der Waals surface area contributed by atoms with Crippen molar-refractivity contribution in [2.24, 2.45) is 10.9 Å². The van der Waals surface area contributed by atoms with Crippen molar-refractivity contribution in [2.45, 2.75) is 64.3 Å². The third kappa shape index (κ3) is 7.93. The van der Waals surface area contributed by atoms with Gasteiger partial charge in [0, 0.05) is 32.1 Å². The highest BCUT2D eigenvalue weighted by Crippen LogP contribution is 2.28. The number of rotatable bonds is 9. The number of carbonyl (C=O) groups excluding carboxylic acids is 1. The second-order valence-corrected chi connectivity index (χ2v) is 9.63. The zero-order valence-electron chi connectivity index (χ0n) is 15.9. The molecule has 2 aliphatic rings. The molecule has 3 N–H and O–H groups in total. The van der Waals surface area contributed by atoms with Crippen molar-refractivity contribution in [1.29, 1.82) is 0 Å². The van der Waals surface area contributed by atoms with Crippen LogP contribution >= 0.6 is 0 Å². The van der Waals surface area contributed by atoms with Gasteiger partial charge in [0.1, 0.15) is 0 Å². The van der Waals surface area contributed by atoms with Crippen LogP contribution in [0.25, 0.3) is 0 Å². The Morgan fingerprint density at radius 1 is 1.15 bits per heavy atom. The molecular weight excluding hydrogens is 352 g/mol. The molecular formula is C18H34N4O3S. The maximum atomic E-state index is 12.0. The molecule has 0 aromatic heterocycles. The number of carbonyl (C=O) groups is 1. The summed E-state index contributed by atoms with van der Waals surface area (Å²) in [6, 6.07) is -0.231. The Morgan fingerprint density at radius 3 is 2.58 bits per heavy atom. The summed E-state index contributed by atoms with van der Waals surface area (Å²) in [5.41, 5.74) is 0. The monoisotopic (exact) mass is 386 g/mol. The van der Waals surface area contributed by atoms with Gasteiger partial charge in [0.2, 0.25) is 5.91 Å². The number of nitrogens with zero attached hydrogens (tertiary/aromatic N) is 1. The predicted molar refractivity (Wildman–Crippen MR) is 105 cm³/mol. The van der Waals surface area contributed by atoms with Gasteiger partial charge >= 0.3 is 0 Å². The number of guanidine groups is 1. The average molecular weight is 387 g/mol. The van der Waals surface area contributed by atoms with Gasteiger partial charge in [-0.05, 0) is 32.1 Å². The van der Waals surface area contributed by atoms with E-state index in [1.54, 1.807) is 0 Å². The van der Waals surface area contributed by atoms with Crippen molar-refractivity contribution in [3.05, 3.63) is 0 Å². The minimum absolute atomic E-state index is 0.0667. The van der Waals surface area contributed by atoms with Crippen LogP contribution in [-0.4, -0.2) is 57.5 Å². The first kappa shape index (κ1) is 21.0. The lowest BCUT2D eigenvalue weighted by Gasteiger charge is -2.13. The van der Waals surface area contributed by atoms with Gasteiger partial charge in [-0.25, -0.2) is 8.42 Å². The van der Waals surface area contributed by atoms with Crippen molar-refractivity contribution in [1.82, 2.24) is 16.0 Å². The van der Waals surface area contributed by atoms with Crippen LogP contribution in [-0.2, 0) is 14.6 Å². The van der Waals surface area contributed by atoms with Gasteiger partial charge in [-0.2, -0.15) is 0 Å². The Labute approximate surface area is 157 Å². The SMILES string of the molecule is CCNC(=NCCCC1CCCC1)NCCC(=O)NC1CCS(=O)(=O)C1. The fraction of sp³-hybridized carbons (Fsp3) is 0.889. The minimum Gasteiger partial charge on any atom is -0.357 e. The quantitative estimate of drug-likeness (QED) is 0.314. The first-order valence-electron chi connectivity index (χ1n) is 10.0. The molecule has 1 amide bonds. The molecule has 2 fully saturated rings. The molecule has 1 aliphatic heterocycles. The van der Waals surface area contributed by atoms with Crippen molar-refractivity contribution in [3.63, 3.8) is 0 Å². The number of sulfone groups is 1. The molecule has 150 valence electrons. The summed E-state index contributed by atoms with van der Waals surface area (Å²) >= 11 is 0. The molecule has 2 rings (SSSR count). The molecule has 8 heteroatoms. The van der Waals surface area contributed by atoms with Gasteiger partial charge in [0.05, 0.1) is 11.5 Å². The first-order chi connectivity index (χ1) is 12.5. The van der Waals surface area contributed by atoms with E-state index in [2.05, 4.69) is 20.9 Å². The minimum atomic E-state index is -2.96. The molecule has 0 aromatic rings. The van der Waals surface area contributed by atoms with Gasteiger partial charge in [0.25, 0.3) is 0 Å². The normalized spacial score (nSPS) is 23.1. The van der Waals surface area contributed by atoms with Crippen molar-refractivity contribution in [2.75, 3.05) is 31.1 Å². The lowest BCUT2D eigenvalue weighted by Crippen LogP contribution is -2.41. The van der Waals surface area contributed by atoms with Crippen LogP contribution in [0.3, 0.4) is 0 Å². The predicted octanol–water partition coefficient (Wildman–Crippen LogP) is 1.21. The summed E-state index contributed by atoms with van der Waals surface area (Å²) < 4.78 is 22.8. The van der Waals surface area contributed by atoms with Crippen LogP contribution in [0.2, 0.25) is 0 Å². The Hall–Kier alpha value is -1.31. The maximum Gasteiger partial charge on any atom is 0.222 e. The molecule has 1 atom stereocenters. The fourth-order valence-corrected chi connectivity index (χ4v) is 5.39. The summed E-state index contributed by atoms with van der Waals surface area (Å²) in [7, 11) is -2.96. The van der Waals surface area contributed by atoms with Crippen molar-refractivity contribution < 1.29 is 13.2 Å². The molecule has 0 spiro atoms. The first-order valence-corrected chi connectivity index (χ1v) is 11.8. The summed E-state index contributed by atoms with van der Waals surface area (Å²) in [6.45, 7) is 4.08. The lowest BCUT2D eigenvalue weighted by atomic mass is 10.0. The Kier molecular flexibility index (Phi) is 8.68. The lowest BCUT2D eigenvalue weighted by molar-refractivity contribution is -0.121. The third-order valence-electron chi connectivity index (χ3n) is 5.10. The molecule has 1 unspecified atom stereocenters. The summed E-state index contributed by atoms with van der Waals surface area (Å²) in [4.78, 5) is 16.5. The topological polar surface area (TPSA) is 99.7 Å². The van der Waals surface area contributed by atoms with Crippen LogP contribution in [0.15, 0.2) is 4.99 Å². The highest BCUT2D eigenvalue weighted by molar-refractivity contribution is 7.91. The number of hydrogen-bond acceptors (Lipinski definition) is 4. The van der Waals surface area contributed by atoms with E-state index in [-0.39, 0.29) is 23.5 Å². The smallest absolute Gasteiger partial charge is 0.222 e. The zero-order valence-corrected chi connectivity index (χ0v) is 16.7. The average Bonchev–Trinajstić information content (AvgIpc) is 3.21. The maximum absolute atomic E-state index is 12.0. The Morgan fingerprint density at radius 2 is 1.92 bits per heavy atom. The molecule has 1 saturated heterocycles.